The molecule has 2 heterocycles. The van der Waals surface area contributed by atoms with Crippen molar-refractivity contribution >= 4 is 11.5 Å². The van der Waals surface area contributed by atoms with Gasteiger partial charge in [0.25, 0.3) is 0 Å². The van der Waals surface area contributed by atoms with E-state index in [2.05, 4.69) is 27.2 Å². The lowest BCUT2D eigenvalue weighted by Crippen LogP contribution is -2.12. The molecule has 0 saturated carbocycles. The molecule has 0 aliphatic rings. The Balaban J connectivity index is 2.16. The van der Waals surface area contributed by atoms with E-state index in [9.17, 15) is 0 Å². The third-order valence-corrected chi connectivity index (χ3v) is 2.72. The minimum atomic E-state index is 0.125. The summed E-state index contributed by atoms with van der Waals surface area (Å²) in [5.74, 6) is 1.68. The Labute approximate surface area is 100 Å². The van der Waals surface area contributed by atoms with Crippen molar-refractivity contribution in [2.24, 2.45) is 0 Å². The molecule has 5 nitrogen and oxygen atoms in total. The van der Waals surface area contributed by atoms with Crippen LogP contribution in [0.25, 0.3) is 0 Å². The number of rotatable bonds is 4. The van der Waals surface area contributed by atoms with Gasteiger partial charge in [-0.3, -0.25) is 0 Å². The second-order valence-electron chi connectivity index (χ2n) is 4.01. The molecule has 2 aromatic heterocycles. The van der Waals surface area contributed by atoms with Gasteiger partial charge in [0.2, 0.25) is 0 Å². The quantitative estimate of drug-likeness (QED) is 0.754. The summed E-state index contributed by atoms with van der Waals surface area (Å²) in [6, 6.07) is 1.97. The normalized spacial score (nSPS) is 12.4. The fraction of sp³-hybridized carbons (Fsp3) is 0.333. The maximum absolute atomic E-state index is 5.85. The largest absolute Gasteiger partial charge is 0.398 e. The van der Waals surface area contributed by atoms with Crippen LogP contribution in [-0.2, 0) is 0 Å². The van der Waals surface area contributed by atoms with Crippen LogP contribution in [0.1, 0.15) is 30.8 Å². The molecule has 0 aromatic carbocycles. The Hall–Kier alpha value is -2.04. The average Bonchev–Trinajstić information content (AvgIpc) is 2.84. The summed E-state index contributed by atoms with van der Waals surface area (Å²) in [7, 11) is 0. The number of aromatic nitrogens is 3. The lowest BCUT2D eigenvalue weighted by atomic mass is 10.2. The average molecular weight is 231 g/mol. The highest BCUT2D eigenvalue weighted by Crippen LogP contribution is 2.20. The van der Waals surface area contributed by atoms with Crippen LogP contribution >= 0.6 is 0 Å². The van der Waals surface area contributed by atoms with E-state index >= 15 is 0 Å². The number of H-pyrrole nitrogens is 1. The summed E-state index contributed by atoms with van der Waals surface area (Å²) in [4.78, 5) is 11.7. The number of hydrogen-bond donors (Lipinski definition) is 3. The van der Waals surface area contributed by atoms with Crippen LogP contribution in [-0.4, -0.2) is 15.0 Å². The van der Waals surface area contributed by atoms with E-state index in [4.69, 9.17) is 5.73 Å². The first-order valence-electron chi connectivity index (χ1n) is 5.68. The summed E-state index contributed by atoms with van der Waals surface area (Å²) in [5.41, 5.74) is 7.59. The molecule has 0 saturated heterocycles. The van der Waals surface area contributed by atoms with E-state index in [0.29, 0.717) is 0 Å². The van der Waals surface area contributed by atoms with Gasteiger partial charge >= 0.3 is 0 Å². The maximum Gasteiger partial charge on any atom is 0.128 e. The number of nitrogen functional groups attached to an aromatic ring is 1. The zero-order valence-corrected chi connectivity index (χ0v) is 10.1. The molecule has 0 spiro atoms. The number of pyridine rings is 1. The van der Waals surface area contributed by atoms with Crippen LogP contribution in [0.4, 0.5) is 11.5 Å². The van der Waals surface area contributed by atoms with Crippen LogP contribution in [0.2, 0.25) is 0 Å². The Morgan fingerprint density at radius 3 is 2.88 bits per heavy atom. The lowest BCUT2D eigenvalue weighted by molar-refractivity contribution is 0.700. The number of nitrogens with two attached hydrogens (primary N) is 1. The molecule has 4 N–H and O–H groups in total. The van der Waals surface area contributed by atoms with E-state index in [1.54, 1.807) is 12.4 Å². The zero-order chi connectivity index (χ0) is 12.3. The number of anilines is 2. The summed E-state index contributed by atoms with van der Waals surface area (Å²) in [6.07, 6.45) is 6.25. The number of imidazole rings is 1. The standard InChI is InChI=1S/C12H17N5/c1-3-10(12-14-4-5-15-12)17-11-6-9(13)8(2)7-16-11/h4-7,10H,3H2,1-2H3,(H,14,15)(H3,13,16,17). The van der Waals surface area contributed by atoms with Gasteiger partial charge in [-0.2, -0.15) is 0 Å². The number of nitrogens with one attached hydrogen (secondary N) is 2. The van der Waals surface area contributed by atoms with E-state index in [1.807, 2.05) is 19.2 Å². The molecule has 0 aliphatic heterocycles. The van der Waals surface area contributed by atoms with Crippen LogP contribution in [0.15, 0.2) is 24.7 Å². The van der Waals surface area contributed by atoms with Crippen molar-refractivity contribution in [3.8, 4) is 0 Å². The molecule has 0 aliphatic carbocycles. The molecular weight excluding hydrogens is 214 g/mol. The monoisotopic (exact) mass is 231 g/mol. The van der Waals surface area contributed by atoms with Gasteiger partial charge in [0, 0.05) is 30.3 Å². The fourth-order valence-electron chi connectivity index (χ4n) is 1.63. The van der Waals surface area contributed by atoms with Crippen molar-refractivity contribution in [1.82, 2.24) is 15.0 Å². The molecule has 2 aromatic rings. The Morgan fingerprint density at radius 1 is 1.47 bits per heavy atom. The van der Waals surface area contributed by atoms with E-state index < -0.39 is 0 Å². The smallest absolute Gasteiger partial charge is 0.128 e. The second kappa shape index (κ2) is 4.86. The Bertz CT molecular complexity index is 478. The first-order chi connectivity index (χ1) is 8.20. The minimum Gasteiger partial charge on any atom is -0.398 e. The number of aryl methyl sites for hydroxylation is 1. The van der Waals surface area contributed by atoms with E-state index in [1.165, 1.54) is 0 Å². The summed E-state index contributed by atoms with van der Waals surface area (Å²) < 4.78 is 0. The number of aromatic amines is 1. The lowest BCUT2D eigenvalue weighted by Gasteiger charge is -2.15. The topological polar surface area (TPSA) is 79.6 Å². The number of hydrogen-bond acceptors (Lipinski definition) is 4. The minimum absolute atomic E-state index is 0.125. The highest BCUT2D eigenvalue weighted by molar-refractivity contribution is 5.53. The predicted octanol–water partition coefficient (Wildman–Crippen LogP) is 2.26. The van der Waals surface area contributed by atoms with Gasteiger partial charge in [0.05, 0.1) is 6.04 Å². The fourth-order valence-corrected chi connectivity index (χ4v) is 1.63. The van der Waals surface area contributed by atoms with Gasteiger partial charge in [0.15, 0.2) is 0 Å². The Kier molecular flexibility index (Phi) is 3.27. The van der Waals surface area contributed by atoms with Crippen molar-refractivity contribution in [3.63, 3.8) is 0 Å². The van der Waals surface area contributed by atoms with Crippen LogP contribution in [0.5, 0.6) is 0 Å². The molecule has 90 valence electrons. The van der Waals surface area contributed by atoms with Gasteiger partial charge in [0.1, 0.15) is 11.6 Å². The van der Waals surface area contributed by atoms with Gasteiger partial charge in [-0.1, -0.05) is 6.92 Å². The maximum atomic E-state index is 5.85. The number of nitrogens with zero attached hydrogens (tertiary/aromatic N) is 2. The van der Waals surface area contributed by atoms with Crippen molar-refractivity contribution < 1.29 is 0 Å². The molecule has 0 amide bonds. The predicted molar refractivity (Wildman–Crippen MR) is 68.6 cm³/mol. The van der Waals surface area contributed by atoms with Crippen molar-refractivity contribution in [2.75, 3.05) is 11.1 Å². The highest BCUT2D eigenvalue weighted by Gasteiger charge is 2.12. The van der Waals surface area contributed by atoms with Gasteiger partial charge < -0.3 is 16.0 Å². The van der Waals surface area contributed by atoms with Crippen molar-refractivity contribution in [2.45, 2.75) is 26.3 Å². The molecule has 2 rings (SSSR count). The molecule has 0 radical (unpaired) electrons. The van der Waals surface area contributed by atoms with E-state index in [0.717, 1.165) is 29.3 Å². The van der Waals surface area contributed by atoms with Gasteiger partial charge in [-0.05, 0) is 18.9 Å². The van der Waals surface area contributed by atoms with Gasteiger partial charge in [-0.25, -0.2) is 9.97 Å². The van der Waals surface area contributed by atoms with Crippen LogP contribution < -0.4 is 11.1 Å². The van der Waals surface area contributed by atoms with Crippen LogP contribution in [0.3, 0.4) is 0 Å². The zero-order valence-electron chi connectivity index (χ0n) is 10.1. The molecule has 0 fully saturated rings. The molecule has 1 unspecified atom stereocenters. The first-order valence-corrected chi connectivity index (χ1v) is 5.68. The first kappa shape index (κ1) is 11.4. The van der Waals surface area contributed by atoms with E-state index in [-0.39, 0.29) is 6.04 Å². The molecule has 17 heavy (non-hydrogen) atoms. The SMILES string of the molecule is CCC(Nc1cc(N)c(C)cn1)c1ncc[nH]1. The summed E-state index contributed by atoms with van der Waals surface area (Å²) in [6.45, 7) is 4.04. The third kappa shape index (κ3) is 2.55. The Morgan fingerprint density at radius 2 is 2.29 bits per heavy atom. The molecular formula is C12H17N5. The molecule has 1 atom stereocenters. The third-order valence-electron chi connectivity index (χ3n) is 2.72. The second-order valence-corrected chi connectivity index (χ2v) is 4.01. The summed E-state index contributed by atoms with van der Waals surface area (Å²) >= 11 is 0. The summed E-state index contributed by atoms with van der Waals surface area (Å²) in [5, 5.41) is 3.31. The highest BCUT2D eigenvalue weighted by atomic mass is 15.1. The van der Waals surface area contributed by atoms with Crippen molar-refractivity contribution in [1.29, 1.82) is 0 Å². The molecule has 5 heteroatoms. The molecule has 0 bridgehead atoms. The van der Waals surface area contributed by atoms with Crippen LogP contribution in [0, 0.1) is 6.92 Å². The van der Waals surface area contributed by atoms with Gasteiger partial charge in [-0.15, -0.1) is 0 Å². The van der Waals surface area contributed by atoms with Crippen molar-refractivity contribution in [3.05, 3.63) is 36.0 Å².